The van der Waals surface area contributed by atoms with Crippen LogP contribution in [-0.2, 0) is 4.79 Å². The van der Waals surface area contributed by atoms with Gasteiger partial charge in [0.2, 0.25) is 0 Å². The van der Waals surface area contributed by atoms with Gasteiger partial charge in [-0.3, -0.25) is 4.79 Å². The third-order valence-corrected chi connectivity index (χ3v) is 2.03. The fourth-order valence-electron chi connectivity index (χ4n) is 1.18. The molecule has 0 heterocycles. The summed E-state index contributed by atoms with van der Waals surface area (Å²) in [5.41, 5.74) is 0.0979. The van der Waals surface area contributed by atoms with Crippen molar-refractivity contribution in [2.24, 2.45) is 11.3 Å². The summed E-state index contributed by atoms with van der Waals surface area (Å²) in [7, 11) is 0. The number of carboxylic acids is 1. The van der Waals surface area contributed by atoms with Crippen molar-refractivity contribution in [2.45, 2.75) is 20.3 Å². The lowest BCUT2D eigenvalue weighted by atomic mass is 9.90. The average Bonchev–Trinajstić information content (AvgIpc) is 2.10. The molecule has 12 heavy (non-hydrogen) atoms. The Labute approximate surface area is 72.6 Å². The molecule has 0 radical (unpaired) electrons. The summed E-state index contributed by atoms with van der Waals surface area (Å²) in [6.45, 7) is 4.19. The van der Waals surface area contributed by atoms with E-state index in [1.807, 2.05) is 12.2 Å². The highest BCUT2D eigenvalue weighted by molar-refractivity contribution is 5.74. The molecule has 0 aromatic carbocycles. The quantitative estimate of drug-likeness (QED) is 0.606. The third-order valence-electron chi connectivity index (χ3n) is 2.03. The lowest BCUT2D eigenvalue weighted by Crippen LogP contribution is -2.08. The number of hydrogen-bond acceptors (Lipinski definition) is 1. The Balaban J connectivity index is 2.80. The summed E-state index contributed by atoms with van der Waals surface area (Å²) in [5, 5.41) is 8.73. The van der Waals surface area contributed by atoms with Crippen molar-refractivity contribution in [3.8, 4) is 0 Å². The highest BCUT2D eigenvalue weighted by Crippen LogP contribution is 2.26. The minimum Gasteiger partial charge on any atom is -0.481 e. The van der Waals surface area contributed by atoms with Gasteiger partial charge in [-0.15, -0.1) is 0 Å². The molecule has 0 saturated carbocycles. The lowest BCUT2D eigenvalue weighted by Gasteiger charge is -2.15. The smallest absolute Gasteiger partial charge is 0.314 e. The Kier molecular flexibility index (Phi) is 2.36. The molecular weight excluding hydrogens is 152 g/mol. The first kappa shape index (κ1) is 9.04. The first-order valence-electron chi connectivity index (χ1n) is 4.10. The van der Waals surface area contributed by atoms with E-state index in [-0.39, 0.29) is 5.41 Å². The van der Waals surface area contributed by atoms with Crippen molar-refractivity contribution >= 4 is 5.97 Å². The molecule has 0 unspecified atom stereocenters. The first-order valence-corrected chi connectivity index (χ1v) is 4.10. The summed E-state index contributed by atoms with van der Waals surface area (Å²) in [5.74, 6) is -1.22. The van der Waals surface area contributed by atoms with Crippen molar-refractivity contribution in [1.29, 1.82) is 0 Å². The Morgan fingerprint density at radius 1 is 1.50 bits per heavy atom. The Morgan fingerprint density at radius 3 is 2.75 bits per heavy atom. The number of hydrogen-bond donors (Lipinski definition) is 1. The molecule has 2 nitrogen and oxygen atoms in total. The number of carbonyl (C=O) groups is 1. The predicted molar refractivity (Wildman–Crippen MR) is 47.8 cm³/mol. The molecule has 0 amide bonds. The van der Waals surface area contributed by atoms with E-state index < -0.39 is 11.9 Å². The molecule has 2 heteroatoms. The van der Waals surface area contributed by atoms with Crippen LogP contribution in [0.25, 0.3) is 0 Å². The highest BCUT2D eigenvalue weighted by atomic mass is 16.4. The summed E-state index contributed by atoms with van der Waals surface area (Å²) in [6.07, 6.45) is 8.33. The molecule has 0 bridgehead atoms. The summed E-state index contributed by atoms with van der Waals surface area (Å²) in [6, 6.07) is 0. The molecule has 0 spiro atoms. The van der Waals surface area contributed by atoms with Gasteiger partial charge in [0.05, 0.1) is 5.92 Å². The minimum absolute atomic E-state index is 0.0979. The van der Waals surface area contributed by atoms with E-state index in [1.54, 1.807) is 12.2 Å². The maximum absolute atomic E-state index is 10.6. The van der Waals surface area contributed by atoms with Gasteiger partial charge in [0.25, 0.3) is 0 Å². The normalized spacial score (nSPS) is 26.7. The minimum atomic E-state index is -0.778. The van der Waals surface area contributed by atoms with Crippen LogP contribution < -0.4 is 0 Å². The molecule has 0 aromatic heterocycles. The zero-order valence-electron chi connectivity index (χ0n) is 7.45. The highest BCUT2D eigenvalue weighted by Gasteiger charge is 2.18. The molecular formula is C10H14O2. The molecule has 66 valence electrons. The van der Waals surface area contributed by atoms with Crippen molar-refractivity contribution < 1.29 is 9.90 Å². The fourth-order valence-corrected chi connectivity index (χ4v) is 1.18. The van der Waals surface area contributed by atoms with Crippen molar-refractivity contribution in [3.63, 3.8) is 0 Å². The van der Waals surface area contributed by atoms with Crippen LogP contribution in [0.3, 0.4) is 0 Å². The van der Waals surface area contributed by atoms with Gasteiger partial charge in [0.15, 0.2) is 0 Å². The average molecular weight is 166 g/mol. The van der Waals surface area contributed by atoms with Crippen molar-refractivity contribution in [2.75, 3.05) is 0 Å². The Hall–Kier alpha value is -1.05. The third kappa shape index (κ3) is 2.22. The van der Waals surface area contributed by atoms with E-state index in [2.05, 4.69) is 13.8 Å². The van der Waals surface area contributed by atoms with Gasteiger partial charge in [0, 0.05) is 0 Å². The zero-order valence-corrected chi connectivity index (χ0v) is 7.45. The molecule has 1 N–H and O–H groups in total. The second kappa shape index (κ2) is 3.13. The topological polar surface area (TPSA) is 37.3 Å². The maximum atomic E-state index is 10.6. The van der Waals surface area contributed by atoms with Crippen molar-refractivity contribution in [3.05, 3.63) is 24.3 Å². The van der Waals surface area contributed by atoms with Crippen LogP contribution in [0.2, 0.25) is 0 Å². The van der Waals surface area contributed by atoms with Gasteiger partial charge < -0.3 is 5.11 Å². The van der Waals surface area contributed by atoms with Gasteiger partial charge in [-0.05, 0) is 11.8 Å². The SMILES string of the molecule is CC1(C)C=C[C@H](C(=O)O)C=CC1. The van der Waals surface area contributed by atoms with E-state index in [0.29, 0.717) is 0 Å². The molecule has 1 rings (SSSR count). The number of allylic oxidation sites excluding steroid dienone is 2. The van der Waals surface area contributed by atoms with Crippen LogP contribution in [0.4, 0.5) is 0 Å². The van der Waals surface area contributed by atoms with E-state index in [0.717, 1.165) is 6.42 Å². The number of aliphatic carboxylic acids is 1. The van der Waals surface area contributed by atoms with Gasteiger partial charge in [-0.25, -0.2) is 0 Å². The van der Waals surface area contributed by atoms with Crippen LogP contribution >= 0.6 is 0 Å². The Bertz CT molecular complexity index is 236. The van der Waals surface area contributed by atoms with Gasteiger partial charge in [-0.2, -0.15) is 0 Å². The lowest BCUT2D eigenvalue weighted by molar-refractivity contribution is -0.138. The van der Waals surface area contributed by atoms with Crippen LogP contribution in [0.15, 0.2) is 24.3 Å². The van der Waals surface area contributed by atoms with E-state index in [9.17, 15) is 4.79 Å². The number of carboxylic acid groups (broad SMARTS) is 1. The van der Waals surface area contributed by atoms with Crippen LogP contribution in [0.5, 0.6) is 0 Å². The number of rotatable bonds is 1. The van der Waals surface area contributed by atoms with E-state index >= 15 is 0 Å². The molecule has 1 atom stereocenters. The van der Waals surface area contributed by atoms with Gasteiger partial charge in [0.1, 0.15) is 0 Å². The van der Waals surface area contributed by atoms with Gasteiger partial charge >= 0.3 is 5.97 Å². The van der Waals surface area contributed by atoms with Crippen LogP contribution in [0.1, 0.15) is 20.3 Å². The van der Waals surface area contributed by atoms with Crippen LogP contribution in [0, 0.1) is 11.3 Å². The van der Waals surface area contributed by atoms with Crippen molar-refractivity contribution in [1.82, 2.24) is 0 Å². The van der Waals surface area contributed by atoms with Crippen LogP contribution in [-0.4, -0.2) is 11.1 Å². The Morgan fingerprint density at radius 2 is 2.17 bits per heavy atom. The van der Waals surface area contributed by atoms with E-state index in [1.165, 1.54) is 0 Å². The van der Waals surface area contributed by atoms with E-state index in [4.69, 9.17) is 5.11 Å². The molecule has 0 fully saturated rings. The molecule has 0 saturated heterocycles. The molecule has 0 aliphatic heterocycles. The molecule has 0 aromatic rings. The predicted octanol–water partition coefficient (Wildman–Crippen LogP) is 2.23. The molecule has 1 aliphatic carbocycles. The van der Waals surface area contributed by atoms with Gasteiger partial charge in [-0.1, -0.05) is 38.2 Å². The molecule has 1 aliphatic rings. The summed E-state index contributed by atoms with van der Waals surface area (Å²) >= 11 is 0. The largest absolute Gasteiger partial charge is 0.481 e. The standard InChI is InChI=1S/C10H14O2/c1-10(2)6-3-4-8(5-7-10)9(11)12/h3-5,7-8H,6H2,1-2H3,(H,11,12)/t8-/m1/s1. The summed E-state index contributed by atoms with van der Waals surface area (Å²) in [4.78, 5) is 10.6. The maximum Gasteiger partial charge on any atom is 0.314 e. The monoisotopic (exact) mass is 166 g/mol. The first-order chi connectivity index (χ1) is 5.51. The summed E-state index contributed by atoms with van der Waals surface area (Å²) < 4.78 is 0. The second-order valence-corrected chi connectivity index (χ2v) is 3.84. The second-order valence-electron chi connectivity index (χ2n) is 3.84. The zero-order chi connectivity index (χ0) is 9.19. The fraction of sp³-hybridized carbons (Fsp3) is 0.500.